The Morgan fingerprint density at radius 3 is 2.57 bits per heavy atom. The zero-order valence-electron chi connectivity index (χ0n) is 8.48. The van der Waals surface area contributed by atoms with Gasteiger partial charge in [-0.2, -0.15) is 0 Å². The first-order valence-electron chi connectivity index (χ1n) is 5.22. The van der Waals surface area contributed by atoms with Crippen LogP contribution in [0.1, 0.15) is 32.6 Å². The fraction of sp³-hybridized carbons (Fsp3) is 1.00. The minimum Gasteiger partial charge on any atom is -0.374 e. The lowest BCUT2D eigenvalue weighted by Gasteiger charge is -2.37. The van der Waals surface area contributed by atoms with E-state index in [4.69, 9.17) is 11.6 Å². The van der Waals surface area contributed by atoms with Gasteiger partial charge in [0.05, 0.1) is 6.04 Å². The summed E-state index contributed by atoms with van der Waals surface area (Å²) in [6.45, 7) is 2.01. The number of nitrogens with two attached hydrogens (primary N) is 2. The summed E-state index contributed by atoms with van der Waals surface area (Å²) >= 11 is 0. The summed E-state index contributed by atoms with van der Waals surface area (Å²) in [4.78, 5) is 0. The molecule has 6 N–H and O–H groups in total. The molecule has 0 amide bonds. The average Bonchev–Trinajstić information content (AvgIpc) is 2.45. The summed E-state index contributed by atoms with van der Waals surface area (Å²) in [7, 11) is 0. The Balaban J connectivity index is 2.31. The number of hydrazine groups is 1. The molecule has 0 spiro atoms. The smallest absolute Gasteiger partial charge is 0.138 e. The van der Waals surface area contributed by atoms with Gasteiger partial charge in [0.15, 0.2) is 0 Å². The van der Waals surface area contributed by atoms with E-state index in [9.17, 15) is 10.2 Å². The van der Waals surface area contributed by atoms with Crippen LogP contribution in [0.3, 0.4) is 0 Å². The van der Waals surface area contributed by atoms with Crippen LogP contribution in [-0.4, -0.2) is 32.7 Å². The monoisotopic (exact) mass is 201 g/mol. The van der Waals surface area contributed by atoms with Gasteiger partial charge in [-0.15, -0.1) is 0 Å². The first-order valence-corrected chi connectivity index (χ1v) is 5.22. The quantitative estimate of drug-likeness (QED) is 0.343. The van der Waals surface area contributed by atoms with E-state index in [-0.39, 0.29) is 12.0 Å². The van der Waals surface area contributed by atoms with Crippen LogP contribution in [0.15, 0.2) is 0 Å². The van der Waals surface area contributed by atoms with Gasteiger partial charge in [0.1, 0.15) is 11.4 Å². The molecular weight excluding hydrogens is 182 g/mol. The number of hydrogen-bond donors (Lipinski definition) is 4. The molecule has 3 unspecified atom stereocenters. The molecule has 14 heavy (non-hydrogen) atoms. The molecule has 2 heterocycles. The van der Waals surface area contributed by atoms with Gasteiger partial charge in [0.2, 0.25) is 0 Å². The van der Waals surface area contributed by atoms with Crippen LogP contribution in [0.25, 0.3) is 0 Å². The van der Waals surface area contributed by atoms with E-state index in [1.54, 1.807) is 0 Å². The number of nitrogens with zero attached hydrogens (tertiary/aromatic N) is 1. The Hall–Kier alpha value is -0.200. The first kappa shape index (κ1) is 10.3. The molecule has 2 fully saturated rings. The van der Waals surface area contributed by atoms with Crippen molar-refractivity contribution in [1.82, 2.24) is 5.01 Å². The highest BCUT2D eigenvalue weighted by Crippen LogP contribution is 2.51. The molecule has 5 heteroatoms. The molecule has 2 rings (SSSR count). The summed E-state index contributed by atoms with van der Waals surface area (Å²) < 4.78 is 0. The first-order chi connectivity index (χ1) is 6.44. The highest BCUT2D eigenvalue weighted by Gasteiger charge is 2.67. The Bertz CT molecular complexity index is 246. The average molecular weight is 201 g/mol. The van der Waals surface area contributed by atoms with E-state index >= 15 is 0 Å². The molecule has 0 saturated carbocycles. The molecule has 2 aliphatic rings. The SMILES string of the molecule is CCCC1C(N)(O)[C@@H]2CCC1(O)N2N. The normalized spacial score (nSPS) is 52.9. The van der Waals surface area contributed by atoms with Crippen molar-refractivity contribution in [2.45, 2.75) is 50.1 Å². The van der Waals surface area contributed by atoms with Crippen LogP contribution in [0.2, 0.25) is 0 Å². The van der Waals surface area contributed by atoms with Crippen molar-refractivity contribution in [2.24, 2.45) is 17.5 Å². The standard InChI is InChI=1S/C9H19N3O2/c1-2-3-6-8(13)5-4-7(12(8)11)9(6,10)14/h6-7,13-14H,2-5,10-11H2,1H3/t6?,7-,8?,9?/m0/s1. The number of aliphatic hydroxyl groups is 2. The number of fused-ring (bicyclic) bond motifs is 2. The van der Waals surface area contributed by atoms with E-state index in [0.717, 1.165) is 6.42 Å². The van der Waals surface area contributed by atoms with Crippen molar-refractivity contribution in [3.8, 4) is 0 Å². The van der Waals surface area contributed by atoms with Crippen LogP contribution >= 0.6 is 0 Å². The summed E-state index contributed by atoms with van der Waals surface area (Å²) in [5.74, 6) is 5.43. The van der Waals surface area contributed by atoms with Gasteiger partial charge in [0, 0.05) is 5.92 Å². The van der Waals surface area contributed by atoms with E-state index in [2.05, 4.69) is 0 Å². The summed E-state index contributed by atoms with van der Waals surface area (Å²) in [6, 6.07) is -0.302. The predicted octanol–water partition coefficient (Wildman–Crippen LogP) is -0.910. The molecule has 2 bridgehead atoms. The van der Waals surface area contributed by atoms with Crippen molar-refractivity contribution in [3.63, 3.8) is 0 Å². The summed E-state index contributed by atoms with van der Waals surface area (Å²) in [6.07, 6.45) is 2.86. The van der Waals surface area contributed by atoms with Gasteiger partial charge < -0.3 is 15.9 Å². The van der Waals surface area contributed by atoms with Crippen LogP contribution < -0.4 is 11.6 Å². The van der Waals surface area contributed by atoms with Gasteiger partial charge >= 0.3 is 0 Å². The lowest BCUT2D eigenvalue weighted by Crippen LogP contribution is -2.57. The highest BCUT2D eigenvalue weighted by molar-refractivity contribution is 5.14. The van der Waals surface area contributed by atoms with Crippen LogP contribution in [0, 0.1) is 5.92 Å². The second kappa shape index (κ2) is 2.90. The van der Waals surface area contributed by atoms with Crippen molar-refractivity contribution in [2.75, 3.05) is 0 Å². The van der Waals surface area contributed by atoms with E-state index in [0.29, 0.717) is 19.3 Å². The second-order valence-electron chi connectivity index (χ2n) is 4.57. The fourth-order valence-electron chi connectivity index (χ4n) is 3.05. The van der Waals surface area contributed by atoms with Gasteiger partial charge in [0.25, 0.3) is 0 Å². The summed E-state index contributed by atoms with van der Waals surface area (Å²) in [5, 5.41) is 21.8. The van der Waals surface area contributed by atoms with Crippen molar-refractivity contribution >= 4 is 0 Å². The molecule has 0 aromatic heterocycles. The molecule has 4 atom stereocenters. The summed E-state index contributed by atoms with van der Waals surface area (Å²) in [5.41, 5.74) is 3.41. The molecule has 5 nitrogen and oxygen atoms in total. The van der Waals surface area contributed by atoms with Gasteiger partial charge in [-0.3, -0.25) is 5.84 Å². The third-order valence-corrected chi connectivity index (χ3v) is 3.80. The molecule has 0 aliphatic carbocycles. The molecule has 82 valence electrons. The Morgan fingerprint density at radius 1 is 1.50 bits per heavy atom. The van der Waals surface area contributed by atoms with E-state index < -0.39 is 11.4 Å². The lowest BCUT2D eigenvalue weighted by atomic mass is 9.77. The minimum absolute atomic E-state index is 0.302. The van der Waals surface area contributed by atoms with Crippen LogP contribution in [0.4, 0.5) is 0 Å². The van der Waals surface area contributed by atoms with E-state index in [1.807, 2.05) is 6.92 Å². The maximum Gasteiger partial charge on any atom is 0.138 e. The molecule has 0 radical (unpaired) electrons. The Labute approximate surface area is 83.6 Å². The maximum atomic E-state index is 10.3. The largest absolute Gasteiger partial charge is 0.374 e. The highest BCUT2D eigenvalue weighted by atomic mass is 16.3. The predicted molar refractivity (Wildman–Crippen MR) is 51.5 cm³/mol. The Kier molecular flexibility index (Phi) is 2.14. The van der Waals surface area contributed by atoms with Crippen molar-refractivity contribution < 1.29 is 10.2 Å². The molecule has 2 aliphatic heterocycles. The van der Waals surface area contributed by atoms with E-state index in [1.165, 1.54) is 5.01 Å². The molecule has 0 aromatic rings. The molecule has 2 saturated heterocycles. The molecule has 0 aromatic carbocycles. The second-order valence-corrected chi connectivity index (χ2v) is 4.57. The third-order valence-electron chi connectivity index (χ3n) is 3.80. The number of hydrogen-bond acceptors (Lipinski definition) is 5. The van der Waals surface area contributed by atoms with Gasteiger partial charge in [-0.25, -0.2) is 5.01 Å². The van der Waals surface area contributed by atoms with Crippen molar-refractivity contribution in [3.05, 3.63) is 0 Å². The Morgan fingerprint density at radius 2 is 2.14 bits per heavy atom. The number of rotatable bonds is 2. The van der Waals surface area contributed by atoms with Gasteiger partial charge in [-0.1, -0.05) is 13.3 Å². The van der Waals surface area contributed by atoms with Crippen LogP contribution in [0.5, 0.6) is 0 Å². The van der Waals surface area contributed by atoms with Crippen LogP contribution in [-0.2, 0) is 0 Å². The molecular formula is C9H19N3O2. The van der Waals surface area contributed by atoms with Gasteiger partial charge in [-0.05, 0) is 19.3 Å². The zero-order chi connectivity index (χ0) is 10.6. The zero-order valence-corrected chi connectivity index (χ0v) is 8.48. The minimum atomic E-state index is -1.34. The maximum absolute atomic E-state index is 10.3. The fourth-order valence-corrected chi connectivity index (χ4v) is 3.05. The topological polar surface area (TPSA) is 95.7 Å². The lowest BCUT2D eigenvalue weighted by molar-refractivity contribution is -0.128. The van der Waals surface area contributed by atoms with Crippen molar-refractivity contribution in [1.29, 1.82) is 0 Å². The third kappa shape index (κ3) is 1.02.